The second-order valence-electron chi connectivity index (χ2n) is 6.30. The summed E-state index contributed by atoms with van der Waals surface area (Å²) >= 11 is 6.16. The molecule has 4 aromatic rings. The Morgan fingerprint density at radius 2 is 1.97 bits per heavy atom. The molecule has 2 aromatic carbocycles. The molecule has 0 fully saturated rings. The largest absolute Gasteiger partial charge is 0.508 e. The summed E-state index contributed by atoms with van der Waals surface area (Å²) in [6.07, 6.45) is 4.89. The van der Waals surface area contributed by atoms with E-state index >= 15 is 0 Å². The Hall–Kier alpha value is -3.70. The molecule has 9 heteroatoms. The Morgan fingerprint density at radius 3 is 2.72 bits per heavy atom. The van der Waals surface area contributed by atoms with Crippen LogP contribution in [-0.4, -0.2) is 40.5 Å². The smallest absolute Gasteiger partial charge is 0.179 e. The topological polar surface area (TPSA) is 105 Å². The average Bonchev–Trinajstić information content (AvgIpc) is 3.42. The fourth-order valence-corrected chi connectivity index (χ4v) is 3.09. The van der Waals surface area contributed by atoms with E-state index in [1.54, 1.807) is 23.1 Å². The highest BCUT2D eigenvalue weighted by molar-refractivity contribution is 6.31. The fraction of sp³-hybridized carbons (Fsp3) is 0.150. The van der Waals surface area contributed by atoms with Gasteiger partial charge in [-0.2, -0.15) is 5.10 Å². The third-order valence-corrected chi connectivity index (χ3v) is 4.62. The van der Waals surface area contributed by atoms with Gasteiger partial charge in [-0.15, -0.1) is 5.10 Å². The van der Waals surface area contributed by atoms with Crippen LogP contribution in [0.3, 0.4) is 0 Å². The van der Waals surface area contributed by atoms with Crippen LogP contribution in [0, 0.1) is 11.8 Å². The molecule has 0 saturated heterocycles. The maximum Gasteiger partial charge on any atom is 0.179 e. The van der Waals surface area contributed by atoms with Gasteiger partial charge in [0.25, 0.3) is 0 Å². The van der Waals surface area contributed by atoms with Crippen LogP contribution in [0.5, 0.6) is 5.75 Å². The molecule has 0 atom stereocenters. The molecule has 0 aliphatic heterocycles. The molecule has 2 N–H and O–H groups in total. The number of benzene rings is 2. The number of hydrogen-bond acceptors (Lipinski definition) is 6. The maximum atomic E-state index is 9.50. The molecule has 0 saturated carbocycles. The van der Waals surface area contributed by atoms with Crippen molar-refractivity contribution in [3.8, 4) is 29.0 Å². The molecule has 2 heterocycles. The van der Waals surface area contributed by atoms with Gasteiger partial charge in [-0.3, -0.25) is 4.68 Å². The van der Waals surface area contributed by atoms with Crippen LogP contribution in [-0.2, 0) is 13.0 Å². The van der Waals surface area contributed by atoms with E-state index < -0.39 is 0 Å². The van der Waals surface area contributed by atoms with Crippen LogP contribution in [0.2, 0.25) is 5.02 Å². The van der Waals surface area contributed by atoms with Gasteiger partial charge >= 0.3 is 0 Å². The number of aromatic amines is 1. The lowest BCUT2D eigenvalue weighted by Crippen LogP contribution is -2.01. The van der Waals surface area contributed by atoms with Crippen molar-refractivity contribution in [1.29, 1.82) is 0 Å². The lowest BCUT2D eigenvalue weighted by Gasteiger charge is -2.07. The molecule has 29 heavy (non-hydrogen) atoms. The average molecular weight is 406 g/mol. The van der Waals surface area contributed by atoms with Gasteiger partial charge < -0.3 is 5.11 Å². The quantitative estimate of drug-likeness (QED) is 0.494. The number of aromatic nitrogens is 7. The van der Waals surface area contributed by atoms with Gasteiger partial charge in [-0.25, -0.2) is 10.1 Å². The molecule has 0 spiro atoms. The van der Waals surface area contributed by atoms with E-state index in [9.17, 15) is 5.11 Å². The van der Waals surface area contributed by atoms with E-state index in [2.05, 4.69) is 42.5 Å². The summed E-state index contributed by atoms with van der Waals surface area (Å²) in [6.45, 7) is 0.755. The van der Waals surface area contributed by atoms with Crippen molar-refractivity contribution in [2.24, 2.45) is 0 Å². The van der Waals surface area contributed by atoms with Gasteiger partial charge in [0.05, 0.1) is 5.02 Å². The number of tetrazole rings is 1. The predicted molar refractivity (Wildman–Crippen MR) is 107 cm³/mol. The monoisotopic (exact) mass is 405 g/mol. The van der Waals surface area contributed by atoms with Gasteiger partial charge in [0.2, 0.25) is 0 Å². The van der Waals surface area contributed by atoms with Crippen LogP contribution >= 0.6 is 11.6 Å². The molecule has 0 bridgehead atoms. The molecule has 144 valence electrons. The second-order valence-corrected chi connectivity index (χ2v) is 6.71. The number of nitrogens with zero attached hydrogens (tertiary/aromatic N) is 6. The standard InChI is InChI=1S/C20H16ClN7O/c21-19-11-18(29)8-7-15(19)5-3-14-4-6-17(20-24-26-27-25-20)10-16(14)2-1-9-28-13-22-12-23-28/h4,6-8,10-13,29H,1-2,9H2,(H,24,25,26,27). The first kappa shape index (κ1) is 18.7. The first-order valence-corrected chi connectivity index (χ1v) is 9.27. The lowest BCUT2D eigenvalue weighted by molar-refractivity contribution is 0.475. The minimum atomic E-state index is 0.111. The zero-order valence-corrected chi connectivity index (χ0v) is 16.0. The highest BCUT2D eigenvalue weighted by Crippen LogP contribution is 2.22. The van der Waals surface area contributed by atoms with Gasteiger partial charge in [-0.1, -0.05) is 23.4 Å². The number of phenols is 1. The van der Waals surface area contributed by atoms with E-state index in [0.29, 0.717) is 16.4 Å². The maximum absolute atomic E-state index is 9.50. The number of phenolic OH excluding ortho intramolecular Hbond substituents is 1. The molecule has 0 aliphatic rings. The first-order valence-electron chi connectivity index (χ1n) is 8.89. The number of aromatic hydroxyl groups is 1. The molecule has 0 aliphatic carbocycles. The van der Waals surface area contributed by atoms with Crippen LogP contribution in [0.25, 0.3) is 11.4 Å². The Morgan fingerprint density at radius 1 is 1.10 bits per heavy atom. The van der Waals surface area contributed by atoms with E-state index in [0.717, 1.165) is 36.1 Å². The number of hydrogen-bond donors (Lipinski definition) is 2. The Kier molecular flexibility index (Phi) is 5.49. The number of rotatable bonds is 5. The molecule has 0 amide bonds. The van der Waals surface area contributed by atoms with Crippen molar-refractivity contribution in [3.05, 3.63) is 70.8 Å². The van der Waals surface area contributed by atoms with E-state index in [4.69, 9.17) is 11.6 Å². The summed E-state index contributed by atoms with van der Waals surface area (Å²) in [6, 6.07) is 10.6. The predicted octanol–water partition coefficient (Wildman–Crippen LogP) is 2.85. The van der Waals surface area contributed by atoms with Gasteiger partial charge in [-0.05, 0) is 65.2 Å². The molecular formula is C20H16ClN7O. The van der Waals surface area contributed by atoms with Gasteiger partial charge in [0.15, 0.2) is 5.82 Å². The summed E-state index contributed by atoms with van der Waals surface area (Å²) in [4.78, 5) is 3.96. The summed E-state index contributed by atoms with van der Waals surface area (Å²) in [5.74, 6) is 6.99. The molecule has 8 nitrogen and oxygen atoms in total. The van der Waals surface area contributed by atoms with Crippen LogP contribution in [0.1, 0.15) is 23.1 Å². The van der Waals surface area contributed by atoms with Crippen molar-refractivity contribution >= 4 is 11.6 Å². The van der Waals surface area contributed by atoms with Crippen molar-refractivity contribution in [3.63, 3.8) is 0 Å². The molecule has 0 radical (unpaired) electrons. The number of halogens is 1. The number of nitrogens with one attached hydrogen (secondary N) is 1. The summed E-state index contributed by atoms with van der Waals surface area (Å²) in [5, 5.41) is 28.1. The Balaban J connectivity index is 1.62. The molecule has 0 unspecified atom stereocenters. The fourth-order valence-electron chi connectivity index (χ4n) is 2.87. The van der Waals surface area contributed by atoms with E-state index in [-0.39, 0.29) is 5.75 Å². The minimum absolute atomic E-state index is 0.111. The Bertz CT molecular complexity index is 1160. The van der Waals surface area contributed by atoms with E-state index in [1.807, 2.05) is 18.2 Å². The number of H-pyrrole nitrogens is 1. The molecule has 2 aromatic heterocycles. The van der Waals surface area contributed by atoms with Gasteiger partial charge in [0.1, 0.15) is 18.4 Å². The summed E-state index contributed by atoms with van der Waals surface area (Å²) in [5.41, 5.74) is 3.51. The molecule has 4 rings (SSSR count). The lowest BCUT2D eigenvalue weighted by atomic mass is 9.99. The van der Waals surface area contributed by atoms with Crippen LogP contribution < -0.4 is 0 Å². The normalized spacial score (nSPS) is 10.5. The number of aryl methyl sites for hydroxylation is 2. The third kappa shape index (κ3) is 4.59. The zero-order chi connectivity index (χ0) is 20.1. The first-order chi connectivity index (χ1) is 14.2. The highest BCUT2D eigenvalue weighted by Gasteiger charge is 2.08. The van der Waals surface area contributed by atoms with Gasteiger partial charge in [0, 0.05) is 23.2 Å². The van der Waals surface area contributed by atoms with Crippen molar-refractivity contribution < 1.29 is 5.11 Å². The highest BCUT2D eigenvalue weighted by atomic mass is 35.5. The minimum Gasteiger partial charge on any atom is -0.508 e. The van der Waals surface area contributed by atoms with Crippen molar-refractivity contribution in [1.82, 2.24) is 35.4 Å². The van der Waals surface area contributed by atoms with Crippen molar-refractivity contribution in [2.75, 3.05) is 0 Å². The summed E-state index contributed by atoms with van der Waals surface area (Å²) in [7, 11) is 0. The van der Waals surface area contributed by atoms with E-state index in [1.165, 1.54) is 12.4 Å². The Labute approximate surface area is 171 Å². The SMILES string of the molecule is Oc1ccc(C#Cc2ccc(-c3nnn[nH]3)cc2CCCn2cncn2)c(Cl)c1. The second kappa shape index (κ2) is 8.54. The molecular weight excluding hydrogens is 390 g/mol. The summed E-state index contributed by atoms with van der Waals surface area (Å²) < 4.78 is 1.80. The zero-order valence-electron chi connectivity index (χ0n) is 15.2. The van der Waals surface area contributed by atoms with Crippen LogP contribution in [0.15, 0.2) is 49.1 Å². The third-order valence-electron chi connectivity index (χ3n) is 4.31. The van der Waals surface area contributed by atoms with Crippen LogP contribution in [0.4, 0.5) is 0 Å². The van der Waals surface area contributed by atoms with Crippen molar-refractivity contribution in [2.45, 2.75) is 19.4 Å².